The lowest BCUT2D eigenvalue weighted by atomic mass is 10.0. The van der Waals surface area contributed by atoms with Crippen molar-refractivity contribution in [1.82, 2.24) is 0 Å². The van der Waals surface area contributed by atoms with E-state index in [1.165, 1.54) is 12.1 Å². The zero-order chi connectivity index (χ0) is 26.1. The Balaban J connectivity index is 0.000000340. The van der Waals surface area contributed by atoms with Gasteiger partial charge in [-0.25, -0.2) is 0 Å². The molecule has 0 radical (unpaired) electrons. The molecule has 2 rings (SSSR count). The molecule has 0 aromatic heterocycles. The number of aliphatic hydroxyl groups is 1. The van der Waals surface area contributed by atoms with Crippen LogP contribution in [-0.2, 0) is 25.3 Å². The molecule has 192 valence electrons. The van der Waals surface area contributed by atoms with Crippen molar-refractivity contribution < 1.29 is 40.9 Å². The highest BCUT2D eigenvalue weighted by Gasteiger charge is 2.33. The maximum absolute atomic E-state index is 12.2. The molecule has 0 unspecified atom stereocenters. The highest BCUT2D eigenvalue weighted by Crippen LogP contribution is 2.30. The first-order valence-electron chi connectivity index (χ1n) is 10.6. The van der Waals surface area contributed by atoms with Crippen molar-refractivity contribution in [2.45, 2.75) is 65.7 Å². The topological polar surface area (TPSA) is 38.7 Å². The van der Waals surface area contributed by atoms with Crippen LogP contribution in [0, 0.1) is 11.8 Å². The Kier molecular flexibility index (Phi) is 11.5. The highest BCUT2D eigenvalue weighted by atomic mass is 35.5. The molecule has 0 amide bonds. The second kappa shape index (κ2) is 13.1. The third kappa shape index (κ3) is 11.8. The molecule has 2 aromatic carbocycles. The first-order chi connectivity index (χ1) is 15.6. The Morgan fingerprint density at radius 1 is 0.735 bits per heavy atom. The first kappa shape index (κ1) is 29.9. The van der Waals surface area contributed by atoms with Crippen molar-refractivity contribution >= 4 is 11.6 Å². The van der Waals surface area contributed by atoms with Crippen LogP contribution in [0.3, 0.4) is 0 Å². The number of hydrogen-bond acceptors (Lipinski definition) is 3. The summed E-state index contributed by atoms with van der Waals surface area (Å²) in [4.78, 5) is 0. The molecule has 2 aromatic rings. The van der Waals surface area contributed by atoms with Crippen LogP contribution < -0.4 is 9.47 Å². The van der Waals surface area contributed by atoms with Gasteiger partial charge in [0.2, 0.25) is 0 Å². The van der Waals surface area contributed by atoms with Gasteiger partial charge in [0.25, 0.3) is 0 Å². The number of hydrogen-bond donors (Lipinski definition) is 1. The molecule has 0 fully saturated rings. The van der Waals surface area contributed by atoms with Crippen LogP contribution >= 0.6 is 11.6 Å². The smallest absolute Gasteiger partial charge is 0.405 e. The van der Waals surface area contributed by atoms with Gasteiger partial charge < -0.3 is 14.6 Å². The number of halogens is 7. The van der Waals surface area contributed by atoms with Crippen LogP contribution in [0.15, 0.2) is 36.4 Å². The molecule has 0 spiro atoms. The standard InChI is InChI=1S/C12H14ClF3O.C12H15F3O2/c1-8(2)5-10-4-3-9(7-13)6-11(10)17-12(14,15)16;1-8(2)5-10-4-3-9(7-16)6-11(10)17-12(13,14)15/h3-4,6,8H,5,7H2,1-2H3;3-4,6,8,16H,5,7H2,1-2H3. The molecule has 0 aliphatic heterocycles. The predicted molar refractivity (Wildman–Crippen MR) is 119 cm³/mol. The Hall–Kier alpha value is -2.13. The van der Waals surface area contributed by atoms with Crippen molar-refractivity contribution in [1.29, 1.82) is 0 Å². The Morgan fingerprint density at radius 2 is 1.12 bits per heavy atom. The van der Waals surface area contributed by atoms with Crippen LogP contribution in [0.5, 0.6) is 11.5 Å². The van der Waals surface area contributed by atoms with Crippen molar-refractivity contribution in [3.8, 4) is 11.5 Å². The summed E-state index contributed by atoms with van der Waals surface area (Å²) in [6, 6.07) is 9.09. The molecule has 34 heavy (non-hydrogen) atoms. The monoisotopic (exact) mass is 514 g/mol. The molecule has 0 aliphatic carbocycles. The van der Waals surface area contributed by atoms with Gasteiger partial charge in [-0.3, -0.25) is 0 Å². The van der Waals surface area contributed by atoms with E-state index in [9.17, 15) is 26.3 Å². The van der Waals surface area contributed by atoms with E-state index >= 15 is 0 Å². The fraction of sp³-hybridized carbons (Fsp3) is 0.500. The van der Waals surface area contributed by atoms with Crippen LogP contribution in [0.25, 0.3) is 0 Å². The molecule has 0 heterocycles. The zero-order valence-corrected chi connectivity index (χ0v) is 20.1. The second-order valence-electron chi connectivity index (χ2n) is 8.47. The number of alkyl halides is 7. The number of benzene rings is 2. The van der Waals surface area contributed by atoms with Crippen molar-refractivity contribution in [2.75, 3.05) is 0 Å². The summed E-state index contributed by atoms with van der Waals surface area (Å²) >= 11 is 5.59. The van der Waals surface area contributed by atoms with Gasteiger partial charge >= 0.3 is 12.7 Å². The molecule has 0 saturated heterocycles. The van der Waals surface area contributed by atoms with Gasteiger partial charge in [0.1, 0.15) is 11.5 Å². The first-order valence-corrected chi connectivity index (χ1v) is 11.1. The maximum atomic E-state index is 12.2. The van der Waals surface area contributed by atoms with Gasteiger partial charge in [0.15, 0.2) is 0 Å². The molecule has 0 atom stereocenters. The summed E-state index contributed by atoms with van der Waals surface area (Å²) < 4.78 is 81.3. The lowest BCUT2D eigenvalue weighted by molar-refractivity contribution is -0.276. The average molecular weight is 515 g/mol. The minimum absolute atomic E-state index is 0.149. The lowest BCUT2D eigenvalue weighted by Gasteiger charge is -2.15. The fourth-order valence-electron chi connectivity index (χ4n) is 3.04. The second-order valence-corrected chi connectivity index (χ2v) is 8.73. The molecule has 0 saturated carbocycles. The van der Waals surface area contributed by atoms with E-state index in [0.29, 0.717) is 35.1 Å². The molecule has 3 nitrogen and oxygen atoms in total. The van der Waals surface area contributed by atoms with Crippen LogP contribution in [-0.4, -0.2) is 17.8 Å². The van der Waals surface area contributed by atoms with Crippen molar-refractivity contribution in [2.24, 2.45) is 11.8 Å². The number of aliphatic hydroxyl groups excluding tert-OH is 1. The summed E-state index contributed by atoms with van der Waals surface area (Å²) in [5.74, 6) is 0.274. The van der Waals surface area contributed by atoms with Crippen LogP contribution in [0.4, 0.5) is 26.3 Å². The zero-order valence-electron chi connectivity index (χ0n) is 19.4. The Bertz CT molecular complexity index is 822. The molecule has 10 heteroatoms. The van der Waals surface area contributed by atoms with Gasteiger partial charge in [-0.05, 0) is 59.1 Å². The largest absolute Gasteiger partial charge is 0.573 e. The average Bonchev–Trinajstić information content (AvgIpc) is 2.68. The van der Waals surface area contributed by atoms with Gasteiger partial charge in [-0.15, -0.1) is 37.9 Å². The van der Waals surface area contributed by atoms with E-state index in [1.54, 1.807) is 24.3 Å². The van der Waals surface area contributed by atoms with Gasteiger partial charge in [0, 0.05) is 5.88 Å². The molecular weight excluding hydrogens is 486 g/mol. The maximum Gasteiger partial charge on any atom is 0.573 e. The Labute approximate surface area is 200 Å². The number of ether oxygens (including phenoxy) is 2. The molecule has 1 N–H and O–H groups in total. The van der Waals surface area contributed by atoms with E-state index in [4.69, 9.17) is 16.7 Å². The van der Waals surface area contributed by atoms with Crippen LogP contribution in [0.2, 0.25) is 0 Å². The summed E-state index contributed by atoms with van der Waals surface area (Å²) in [5, 5.41) is 8.90. The summed E-state index contributed by atoms with van der Waals surface area (Å²) in [6.45, 7) is 7.39. The van der Waals surface area contributed by atoms with E-state index in [0.717, 1.165) is 0 Å². The van der Waals surface area contributed by atoms with Crippen LogP contribution in [0.1, 0.15) is 49.9 Å². The molecular formula is C24H29ClF6O3. The van der Waals surface area contributed by atoms with Crippen molar-refractivity contribution in [3.63, 3.8) is 0 Å². The summed E-state index contributed by atoms with van der Waals surface area (Å²) in [7, 11) is 0. The molecule has 0 aliphatic rings. The molecule has 0 bridgehead atoms. The van der Waals surface area contributed by atoms with Crippen molar-refractivity contribution in [3.05, 3.63) is 58.7 Å². The normalized spacial score (nSPS) is 11.9. The number of rotatable bonds is 8. The SMILES string of the molecule is CC(C)Cc1ccc(CCl)cc1OC(F)(F)F.CC(C)Cc1ccc(CO)cc1OC(F)(F)F. The fourth-order valence-corrected chi connectivity index (χ4v) is 3.20. The minimum atomic E-state index is -4.71. The van der Waals surface area contributed by atoms with Gasteiger partial charge in [0.05, 0.1) is 6.61 Å². The minimum Gasteiger partial charge on any atom is -0.405 e. The summed E-state index contributed by atoms with van der Waals surface area (Å²) in [5.41, 5.74) is 2.05. The quantitative estimate of drug-likeness (QED) is 0.288. The predicted octanol–water partition coefficient (Wildman–Crippen LogP) is 7.80. The summed E-state index contributed by atoms with van der Waals surface area (Å²) in [6.07, 6.45) is -8.35. The lowest BCUT2D eigenvalue weighted by Crippen LogP contribution is -2.18. The Morgan fingerprint density at radius 3 is 1.44 bits per heavy atom. The third-order valence-corrected chi connectivity index (χ3v) is 4.62. The van der Waals surface area contributed by atoms with E-state index in [2.05, 4.69) is 9.47 Å². The third-order valence-electron chi connectivity index (χ3n) is 4.31. The van der Waals surface area contributed by atoms with Gasteiger partial charge in [-0.1, -0.05) is 52.0 Å². The van der Waals surface area contributed by atoms with E-state index in [1.807, 2.05) is 27.7 Å². The van der Waals surface area contributed by atoms with Gasteiger partial charge in [-0.2, -0.15) is 0 Å². The van der Waals surface area contributed by atoms with E-state index in [-0.39, 0.29) is 35.8 Å². The van der Waals surface area contributed by atoms with E-state index < -0.39 is 12.7 Å². The highest BCUT2D eigenvalue weighted by molar-refractivity contribution is 6.17.